The van der Waals surface area contributed by atoms with Crippen LogP contribution in [0.2, 0.25) is 0 Å². The van der Waals surface area contributed by atoms with Crippen LogP contribution in [-0.2, 0) is 11.0 Å². The van der Waals surface area contributed by atoms with E-state index in [1.807, 2.05) is 18.7 Å². The zero-order valence-corrected chi connectivity index (χ0v) is 28.4. The number of alkyl halides is 4. The number of halogens is 6. The van der Waals surface area contributed by atoms with E-state index < -0.39 is 57.6 Å². The van der Waals surface area contributed by atoms with Crippen LogP contribution in [0.15, 0.2) is 30.9 Å². The molecule has 7 rings (SSSR count). The molecule has 0 saturated carbocycles. The van der Waals surface area contributed by atoms with E-state index in [1.54, 1.807) is 16.8 Å². The summed E-state index contributed by atoms with van der Waals surface area (Å²) in [6, 6.07) is 1.98. The molecule has 5 heterocycles. The number of nitrogens with two attached hydrogens (primary N) is 1. The molecule has 0 aliphatic carbocycles. The SMILES string of the molecule is C=CC(=O)N1CC(N(C)c2nc(OCC34CCCN3CC(F)C4)nc3c(F)c(-c4ccc(F)c5sc(N)nc45)c(C(F)(F)F)cc23)C(C)(C)C1. The fraction of sp³-hybridized carbons (Fsp3) is 0.471. The monoisotopic (exact) mass is 719 g/mol. The molecule has 9 nitrogen and oxygen atoms in total. The number of aromatic nitrogens is 3. The number of benzene rings is 2. The minimum absolute atomic E-state index is 0.00951. The molecule has 0 spiro atoms. The van der Waals surface area contributed by atoms with Gasteiger partial charge in [-0.05, 0) is 43.7 Å². The van der Waals surface area contributed by atoms with Crippen LogP contribution < -0.4 is 15.4 Å². The Labute approximate surface area is 287 Å². The molecule has 16 heteroatoms. The first-order valence-corrected chi connectivity index (χ1v) is 17.0. The molecular weight excluding hydrogens is 684 g/mol. The average Bonchev–Trinajstić information content (AvgIpc) is 3.79. The second-order valence-corrected chi connectivity index (χ2v) is 15.1. The maximum atomic E-state index is 17.0. The van der Waals surface area contributed by atoms with Crippen molar-refractivity contribution in [2.75, 3.05) is 50.5 Å². The number of likely N-dealkylation sites (tertiary alicyclic amines) is 1. The summed E-state index contributed by atoms with van der Waals surface area (Å²) >= 11 is 0.733. The van der Waals surface area contributed by atoms with Gasteiger partial charge in [-0.2, -0.15) is 23.1 Å². The van der Waals surface area contributed by atoms with Crippen molar-refractivity contribution in [3.8, 4) is 17.1 Å². The Kier molecular flexibility index (Phi) is 8.20. The fourth-order valence-electron chi connectivity index (χ4n) is 8.06. The number of carbonyl (C=O) groups excluding carboxylic acids is 1. The van der Waals surface area contributed by atoms with Gasteiger partial charge in [0.1, 0.15) is 29.9 Å². The van der Waals surface area contributed by atoms with E-state index in [0.717, 1.165) is 36.0 Å². The largest absolute Gasteiger partial charge is 0.461 e. The third kappa shape index (κ3) is 5.60. The van der Waals surface area contributed by atoms with Crippen LogP contribution in [0.3, 0.4) is 0 Å². The Hall–Kier alpha value is -4.18. The summed E-state index contributed by atoms with van der Waals surface area (Å²) in [5.41, 5.74) is 1.39. The van der Waals surface area contributed by atoms with Gasteiger partial charge in [-0.1, -0.05) is 31.8 Å². The van der Waals surface area contributed by atoms with Gasteiger partial charge in [0, 0.05) is 55.0 Å². The lowest BCUT2D eigenvalue weighted by molar-refractivity contribution is -0.137. The van der Waals surface area contributed by atoms with Crippen LogP contribution in [-0.4, -0.2) is 88.2 Å². The number of hydrogen-bond acceptors (Lipinski definition) is 9. The van der Waals surface area contributed by atoms with Crippen molar-refractivity contribution >= 4 is 49.3 Å². The zero-order chi connectivity index (χ0) is 35.9. The zero-order valence-electron chi connectivity index (χ0n) is 27.6. The molecule has 4 aromatic rings. The molecule has 2 N–H and O–H groups in total. The van der Waals surface area contributed by atoms with E-state index in [2.05, 4.69) is 21.5 Å². The summed E-state index contributed by atoms with van der Waals surface area (Å²) in [7, 11) is 1.61. The number of nitrogen functional groups attached to an aromatic ring is 1. The highest BCUT2D eigenvalue weighted by Crippen LogP contribution is 2.47. The number of carbonyl (C=O) groups is 1. The molecule has 0 radical (unpaired) electrons. The topological polar surface area (TPSA) is 101 Å². The molecule has 3 aliphatic rings. The number of amides is 1. The van der Waals surface area contributed by atoms with Crippen molar-refractivity contribution in [2.45, 2.75) is 57.0 Å². The molecular formula is C34H35F6N7O2S. The van der Waals surface area contributed by atoms with Crippen LogP contribution in [0.5, 0.6) is 6.01 Å². The van der Waals surface area contributed by atoms with Gasteiger partial charge in [-0.15, -0.1) is 0 Å². The molecule has 2 aromatic heterocycles. The van der Waals surface area contributed by atoms with Gasteiger partial charge in [-0.3, -0.25) is 9.69 Å². The fourth-order valence-corrected chi connectivity index (χ4v) is 8.83. The van der Waals surface area contributed by atoms with Crippen molar-refractivity contribution in [1.29, 1.82) is 0 Å². The van der Waals surface area contributed by atoms with Crippen molar-refractivity contribution in [3.05, 3.63) is 48.1 Å². The third-order valence-corrected chi connectivity index (χ3v) is 11.3. The number of nitrogens with zero attached hydrogens (tertiary/aromatic N) is 6. The van der Waals surface area contributed by atoms with E-state index in [0.29, 0.717) is 19.5 Å². The molecule has 3 atom stereocenters. The van der Waals surface area contributed by atoms with E-state index in [4.69, 9.17) is 10.5 Å². The molecule has 2 aromatic carbocycles. The van der Waals surface area contributed by atoms with Gasteiger partial charge in [0.15, 0.2) is 10.9 Å². The molecule has 266 valence electrons. The summed E-state index contributed by atoms with van der Waals surface area (Å²) in [6.45, 7) is 8.85. The minimum atomic E-state index is -5.08. The summed E-state index contributed by atoms with van der Waals surface area (Å²) in [5, 5.41) is -0.354. The van der Waals surface area contributed by atoms with Gasteiger partial charge in [0.25, 0.3) is 0 Å². The molecule has 0 bridgehead atoms. The number of hydrogen-bond donors (Lipinski definition) is 1. The van der Waals surface area contributed by atoms with Gasteiger partial charge >= 0.3 is 12.2 Å². The lowest BCUT2D eigenvalue weighted by Crippen LogP contribution is -2.44. The summed E-state index contributed by atoms with van der Waals surface area (Å²) in [5.74, 6) is -2.46. The van der Waals surface area contributed by atoms with Gasteiger partial charge in [-0.25, -0.2) is 18.2 Å². The quantitative estimate of drug-likeness (QED) is 0.169. The predicted octanol–water partition coefficient (Wildman–Crippen LogP) is 6.60. The summed E-state index contributed by atoms with van der Waals surface area (Å²) in [4.78, 5) is 30.8. The highest BCUT2D eigenvalue weighted by Gasteiger charge is 2.50. The standard InChI is InChI=1S/C34H35F6N7O2S/c1-5-23(48)46-14-22(32(2,3)15-46)45(4)29-19-11-20(34(38,39)40)24(18-7-8-21(36)28-27(18)42-30(41)50-28)25(37)26(19)43-31(44-29)49-16-33-9-6-10-47(33)13-17(35)12-33/h5,7-8,11,17,22H,1,6,9-10,12-16H2,2-4H3,(H2,41,42). The number of likely N-dealkylation sites (N-methyl/N-ethyl adjacent to an activating group) is 1. The smallest absolute Gasteiger partial charge is 0.417 e. The molecule has 1 amide bonds. The van der Waals surface area contributed by atoms with Crippen molar-refractivity contribution < 1.29 is 35.9 Å². The van der Waals surface area contributed by atoms with Gasteiger partial charge in [0.2, 0.25) is 5.91 Å². The maximum Gasteiger partial charge on any atom is 0.417 e. The van der Waals surface area contributed by atoms with E-state index >= 15 is 4.39 Å². The lowest BCUT2D eigenvalue weighted by atomic mass is 9.86. The van der Waals surface area contributed by atoms with Crippen LogP contribution in [0, 0.1) is 17.0 Å². The first-order valence-electron chi connectivity index (χ1n) is 16.2. The lowest BCUT2D eigenvalue weighted by Gasteiger charge is -2.35. The van der Waals surface area contributed by atoms with E-state index in [1.165, 1.54) is 6.08 Å². The molecule has 3 unspecified atom stereocenters. The van der Waals surface area contributed by atoms with E-state index in [9.17, 15) is 26.7 Å². The highest BCUT2D eigenvalue weighted by molar-refractivity contribution is 7.22. The Balaban J connectivity index is 1.43. The first-order chi connectivity index (χ1) is 23.5. The number of thiazole rings is 1. The normalized spacial score (nSPS) is 23.6. The highest BCUT2D eigenvalue weighted by atomic mass is 32.1. The van der Waals surface area contributed by atoms with Crippen LogP contribution in [0.25, 0.3) is 32.2 Å². The van der Waals surface area contributed by atoms with Crippen LogP contribution in [0.1, 0.15) is 38.7 Å². The number of ether oxygens (including phenoxy) is 1. The Bertz CT molecular complexity index is 2040. The first kappa shape index (κ1) is 34.3. The van der Waals surface area contributed by atoms with Crippen molar-refractivity contribution in [1.82, 2.24) is 24.8 Å². The molecule has 3 aliphatic heterocycles. The van der Waals surface area contributed by atoms with Gasteiger partial charge in [0.05, 0.1) is 27.4 Å². The Morgan fingerprint density at radius 3 is 2.68 bits per heavy atom. The van der Waals surface area contributed by atoms with Crippen LogP contribution in [0.4, 0.5) is 37.3 Å². The molecule has 3 saturated heterocycles. The maximum absolute atomic E-state index is 17.0. The Morgan fingerprint density at radius 2 is 1.96 bits per heavy atom. The van der Waals surface area contributed by atoms with Crippen molar-refractivity contribution in [2.24, 2.45) is 5.41 Å². The Morgan fingerprint density at radius 1 is 1.20 bits per heavy atom. The van der Waals surface area contributed by atoms with E-state index in [-0.39, 0.29) is 70.2 Å². The average molecular weight is 720 g/mol. The number of fused-ring (bicyclic) bond motifs is 3. The van der Waals surface area contributed by atoms with Gasteiger partial charge < -0.3 is 20.3 Å². The third-order valence-electron chi connectivity index (χ3n) is 10.4. The molecule has 50 heavy (non-hydrogen) atoms. The number of anilines is 2. The summed E-state index contributed by atoms with van der Waals surface area (Å²) < 4.78 is 97.1. The second kappa shape index (κ2) is 12.0. The summed E-state index contributed by atoms with van der Waals surface area (Å²) in [6.07, 6.45) is -3.18. The number of rotatable bonds is 7. The molecule has 3 fully saturated rings. The predicted molar refractivity (Wildman–Crippen MR) is 179 cm³/mol. The minimum Gasteiger partial charge on any atom is -0.461 e. The van der Waals surface area contributed by atoms with Crippen molar-refractivity contribution in [3.63, 3.8) is 0 Å². The second-order valence-electron chi connectivity index (χ2n) is 14.1. The van der Waals surface area contributed by atoms with Crippen LogP contribution >= 0.6 is 11.3 Å².